The monoisotopic (exact) mass is 631 g/mol. The summed E-state index contributed by atoms with van der Waals surface area (Å²) in [5.74, 6) is -0.838. The van der Waals surface area contributed by atoms with Crippen molar-refractivity contribution >= 4 is 41.7 Å². The van der Waals surface area contributed by atoms with Gasteiger partial charge in [0.25, 0.3) is 5.91 Å². The highest BCUT2D eigenvalue weighted by Gasteiger charge is 2.40. The second-order valence-corrected chi connectivity index (χ2v) is 11.1. The fourth-order valence-electron chi connectivity index (χ4n) is 5.41. The van der Waals surface area contributed by atoms with E-state index in [1.54, 1.807) is 43.5 Å². The van der Waals surface area contributed by atoms with Gasteiger partial charge in [-0.15, -0.1) is 12.4 Å². The third-order valence-corrected chi connectivity index (χ3v) is 8.23. The molecule has 240 valence electrons. The van der Waals surface area contributed by atoms with Crippen molar-refractivity contribution in [3.05, 3.63) is 53.6 Å². The molecule has 12 nitrogen and oxygen atoms in total. The molecule has 4 rings (SSSR count). The number of hydrogen-bond donors (Lipinski definition) is 5. The summed E-state index contributed by atoms with van der Waals surface area (Å²) in [6.45, 7) is 5.11. The summed E-state index contributed by atoms with van der Waals surface area (Å²) >= 11 is 0. The van der Waals surface area contributed by atoms with E-state index in [0.717, 1.165) is 24.2 Å². The highest BCUT2D eigenvalue weighted by molar-refractivity contribution is 5.99. The molecule has 2 aromatic carbocycles. The normalized spacial score (nSPS) is 17.6. The van der Waals surface area contributed by atoms with Crippen LogP contribution in [-0.4, -0.2) is 72.6 Å². The number of anilines is 1. The van der Waals surface area contributed by atoms with Crippen molar-refractivity contribution in [2.45, 2.75) is 58.2 Å². The molecular weight excluding hydrogens is 590 g/mol. The predicted molar refractivity (Wildman–Crippen MR) is 166 cm³/mol. The lowest BCUT2D eigenvalue weighted by Gasteiger charge is -2.39. The van der Waals surface area contributed by atoms with Gasteiger partial charge in [-0.25, -0.2) is 5.48 Å². The molecule has 0 radical (unpaired) electrons. The van der Waals surface area contributed by atoms with Gasteiger partial charge in [0.2, 0.25) is 17.7 Å². The summed E-state index contributed by atoms with van der Waals surface area (Å²) in [5.41, 5.74) is 3.71. The zero-order valence-electron chi connectivity index (χ0n) is 25.3. The fraction of sp³-hybridized carbons (Fsp3) is 0.484. The maximum Gasteiger partial charge on any atom is 0.281 e. The first kappa shape index (κ1) is 34.6. The number of fused-ring (bicyclic) bond motifs is 1. The zero-order chi connectivity index (χ0) is 30.9. The molecule has 0 unspecified atom stereocenters. The van der Waals surface area contributed by atoms with E-state index >= 15 is 0 Å². The van der Waals surface area contributed by atoms with Gasteiger partial charge in [-0.2, -0.15) is 0 Å². The molecular formula is C31H42ClN5O7. The number of piperidine rings is 1. The minimum absolute atomic E-state index is 0. The van der Waals surface area contributed by atoms with Crippen molar-refractivity contribution in [2.75, 3.05) is 32.1 Å². The maximum absolute atomic E-state index is 14.3. The molecule has 13 heteroatoms. The Bertz CT molecular complexity index is 1300. The molecule has 2 aromatic rings. The topological polar surface area (TPSA) is 158 Å². The van der Waals surface area contributed by atoms with E-state index in [2.05, 4.69) is 16.0 Å². The van der Waals surface area contributed by atoms with Crippen LogP contribution in [-0.2, 0) is 32.1 Å². The van der Waals surface area contributed by atoms with Crippen molar-refractivity contribution < 1.29 is 33.9 Å². The number of halogens is 1. The lowest BCUT2D eigenvalue weighted by molar-refractivity contribution is -0.145. The molecule has 1 saturated heterocycles. The SMILES string of the molecule is CC[C@H](C)[C@H](NC(=O)C1CCNCC1)C(=O)N1Cc2cc(OCC(=O)NO)ccc2C[C@H]1C(=O)Nc1ccc(OC)cc1.Cl. The van der Waals surface area contributed by atoms with Crippen LogP contribution >= 0.6 is 12.4 Å². The van der Waals surface area contributed by atoms with E-state index in [0.29, 0.717) is 36.4 Å². The molecule has 3 atom stereocenters. The largest absolute Gasteiger partial charge is 0.497 e. The summed E-state index contributed by atoms with van der Waals surface area (Å²) < 4.78 is 10.7. The number of nitrogens with zero attached hydrogens (tertiary/aromatic N) is 1. The predicted octanol–water partition coefficient (Wildman–Crippen LogP) is 2.42. The summed E-state index contributed by atoms with van der Waals surface area (Å²) in [6.07, 6.45) is 2.31. The van der Waals surface area contributed by atoms with Crippen LogP contribution < -0.4 is 30.9 Å². The number of nitrogens with one attached hydrogen (secondary N) is 4. The average Bonchev–Trinajstić information content (AvgIpc) is 3.05. The van der Waals surface area contributed by atoms with Crippen LogP contribution in [0.5, 0.6) is 11.5 Å². The Labute approximate surface area is 263 Å². The molecule has 2 heterocycles. The lowest BCUT2D eigenvalue weighted by Crippen LogP contribution is -2.59. The number of hydrogen-bond acceptors (Lipinski definition) is 8. The van der Waals surface area contributed by atoms with Gasteiger partial charge in [-0.05, 0) is 79.4 Å². The van der Waals surface area contributed by atoms with Crippen LogP contribution in [0.25, 0.3) is 0 Å². The number of methoxy groups -OCH3 is 1. The highest BCUT2D eigenvalue weighted by atomic mass is 35.5. The van der Waals surface area contributed by atoms with Crippen molar-refractivity contribution in [1.29, 1.82) is 0 Å². The van der Waals surface area contributed by atoms with Crippen LogP contribution in [0.3, 0.4) is 0 Å². The molecule has 0 aliphatic carbocycles. The molecule has 2 aliphatic rings. The molecule has 44 heavy (non-hydrogen) atoms. The smallest absolute Gasteiger partial charge is 0.281 e. The Balaban J connectivity index is 0.00000529. The van der Waals surface area contributed by atoms with E-state index in [4.69, 9.17) is 14.7 Å². The van der Waals surface area contributed by atoms with Gasteiger partial charge in [0.15, 0.2) is 6.61 Å². The summed E-state index contributed by atoms with van der Waals surface area (Å²) in [6, 6.07) is 10.5. The number of carbonyl (C=O) groups excluding carboxylic acids is 4. The van der Waals surface area contributed by atoms with Crippen LogP contribution in [0.15, 0.2) is 42.5 Å². The van der Waals surface area contributed by atoms with Gasteiger partial charge in [0.05, 0.1) is 7.11 Å². The molecule has 5 N–H and O–H groups in total. The van der Waals surface area contributed by atoms with E-state index in [-0.39, 0.29) is 61.5 Å². The van der Waals surface area contributed by atoms with Crippen LogP contribution in [0.4, 0.5) is 5.69 Å². The van der Waals surface area contributed by atoms with Gasteiger partial charge < -0.3 is 30.3 Å². The molecule has 2 aliphatic heterocycles. The first-order valence-electron chi connectivity index (χ1n) is 14.7. The number of hydroxylamine groups is 1. The van der Waals surface area contributed by atoms with Crippen molar-refractivity contribution in [3.63, 3.8) is 0 Å². The van der Waals surface area contributed by atoms with Crippen LogP contribution in [0.2, 0.25) is 0 Å². The first-order chi connectivity index (χ1) is 20.7. The Hall–Kier alpha value is -3.87. The van der Waals surface area contributed by atoms with Crippen molar-refractivity contribution in [2.24, 2.45) is 11.8 Å². The number of benzene rings is 2. The number of carbonyl (C=O) groups is 4. The maximum atomic E-state index is 14.3. The van der Waals surface area contributed by atoms with Crippen LogP contribution in [0, 0.1) is 11.8 Å². The molecule has 0 saturated carbocycles. The number of rotatable bonds is 11. The second-order valence-electron chi connectivity index (χ2n) is 11.1. The van der Waals surface area contributed by atoms with Gasteiger partial charge in [0.1, 0.15) is 23.6 Å². The average molecular weight is 632 g/mol. The first-order valence-corrected chi connectivity index (χ1v) is 14.7. The fourth-order valence-corrected chi connectivity index (χ4v) is 5.41. The van der Waals surface area contributed by atoms with Gasteiger partial charge in [-0.3, -0.25) is 24.4 Å². The third-order valence-electron chi connectivity index (χ3n) is 8.23. The molecule has 1 fully saturated rings. The number of ether oxygens (including phenoxy) is 2. The number of amides is 4. The Kier molecular flexibility index (Phi) is 12.8. The van der Waals surface area contributed by atoms with E-state index < -0.39 is 18.0 Å². The second kappa shape index (κ2) is 16.3. The standard InChI is InChI=1S/C31H41N5O7.ClH/c1-4-19(2)28(34-29(38)20-11-13-32-14-12-20)31(40)36-17-22-15-25(43-18-27(37)35-41)8-5-21(22)16-26(36)30(39)33-23-6-9-24(42-3)10-7-23;/h5-10,15,19-20,26,28,32,41H,4,11-14,16-18H2,1-3H3,(H,33,39)(H,34,38)(H,35,37);1H/t19-,26-,28-;/m0./s1. The zero-order valence-corrected chi connectivity index (χ0v) is 26.1. The Morgan fingerprint density at radius 1 is 1.02 bits per heavy atom. The van der Waals surface area contributed by atoms with Crippen molar-refractivity contribution in [3.8, 4) is 11.5 Å². The van der Waals surface area contributed by atoms with Gasteiger partial charge in [-0.1, -0.05) is 26.3 Å². The molecule has 4 amide bonds. The summed E-state index contributed by atoms with van der Waals surface area (Å²) in [5, 5.41) is 18.0. The minimum atomic E-state index is -0.837. The lowest BCUT2D eigenvalue weighted by atomic mass is 9.90. The molecule has 0 aromatic heterocycles. The van der Waals surface area contributed by atoms with Gasteiger partial charge >= 0.3 is 0 Å². The van der Waals surface area contributed by atoms with Crippen LogP contribution in [0.1, 0.15) is 44.2 Å². The van der Waals surface area contributed by atoms with Gasteiger partial charge in [0, 0.05) is 24.6 Å². The minimum Gasteiger partial charge on any atom is -0.497 e. The van der Waals surface area contributed by atoms with E-state index in [9.17, 15) is 19.2 Å². The summed E-state index contributed by atoms with van der Waals surface area (Å²) in [7, 11) is 1.56. The highest BCUT2D eigenvalue weighted by Crippen LogP contribution is 2.30. The molecule has 0 spiro atoms. The summed E-state index contributed by atoms with van der Waals surface area (Å²) in [4.78, 5) is 54.3. The molecule has 0 bridgehead atoms. The quantitative estimate of drug-likeness (QED) is 0.187. The van der Waals surface area contributed by atoms with E-state index in [1.165, 1.54) is 10.4 Å². The van der Waals surface area contributed by atoms with E-state index in [1.807, 2.05) is 19.9 Å². The Morgan fingerprint density at radius 2 is 1.70 bits per heavy atom. The van der Waals surface area contributed by atoms with Crippen molar-refractivity contribution in [1.82, 2.24) is 21.0 Å². The Morgan fingerprint density at radius 3 is 2.34 bits per heavy atom. The third kappa shape index (κ3) is 8.61.